The van der Waals surface area contributed by atoms with E-state index in [-0.39, 0.29) is 0 Å². The molecule has 3 aromatic rings. The zero-order valence-electron chi connectivity index (χ0n) is 13.8. The van der Waals surface area contributed by atoms with Crippen molar-refractivity contribution in [1.29, 1.82) is 0 Å². The van der Waals surface area contributed by atoms with E-state index in [9.17, 15) is 0 Å². The number of thioether (sulfide) groups is 1. The molecule has 0 aliphatic carbocycles. The first-order valence-electron chi connectivity index (χ1n) is 7.72. The van der Waals surface area contributed by atoms with Crippen molar-refractivity contribution >= 4 is 11.8 Å². The second kappa shape index (κ2) is 8.08. The Morgan fingerprint density at radius 2 is 1.71 bits per heavy atom. The molecule has 124 valence electrons. The van der Waals surface area contributed by atoms with Crippen LogP contribution in [-0.4, -0.2) is 14.2 Å². The Bertz CT molecular complexity index is 763. The molecule has 3 rings (SSSR count). The molecule has 0 saturated heterocycles. The van der Waals surface area contributed by atoms with E-state index >= 15 is 0 Å². The van der Waals surface area contributed by atoms with Gasteiger partial charge in [-0.15, -0.1) is 11.8 Å². The van der Waals surface area contributed by atoms with E-state index in [1.165, 1.54) is 10.5 Å². The summed E-state index contributed by atoms with van der Waals surface area (Å²) in [6.45, 7) is 0.546. The highest BCUT2D eigenvalue weighted by atomic mass is 32.2. The van der Waals surface area contributed by atoms with Crippen LogP contribution in [0.1, 0.15) is 11.1 Å². The largest absolute Gasteiger partial charge is 0.497 e. The average Bonchev–Trinajstić information content (AvgIpc) is 3.04. The van der Waals surface area contributed by atoms with Gasteiger partial charge in [0.1, 0.15) is 11.5 Å². The van der Waals surface area contributed by atoms with E-state index in [0.29, 0.717) is 6.61 Å². The van der Waals surface area contributed by atoms with Crippen LogP contribution in [0, 0.1) is 0 Å². The lowest BCUT2D eigenvalue weighted by molar-refractivity contribution is 0.184. The van der Waals surface area contributed by atoms with E-state index in [1.54, 1.807) is 32.2 Å². The third kappa shape index (κ3) is 3.83. The minimum atomic E-state index is 0.546. The van der Waals surface area contributed by atoms with Crippen molar-refractivity contribution in [3.05, 3.63) is 72.0 Å². The zero-order valence-corrected chi connectivity index (χ0v) is 14.6. The Morgan fingerprint density at radius 1 is 0.958 bits per heavy atom. The number of rotatable bonds is 7. The number of benzene rings is 2. The van der Waals surface area contributed by atoms with Gasteiger partial charge in [-0.25, -0.2) is 0 Å². The van der Waals surface area contributed by atoms with Crippen molar-refractivity contribution in [3.63, 3.8) is 0 Å². The van der Waals surface area contributed by atoms with E-state index in [4.69, 9.17) is 13.9 Å². The molecule has 0 aliphatic heterocycles. The highest BCUT2D eigenvalue weighted by molar-refractivity contribution is 7.98. The highest BCUT2D eigenvalue weighted by Crippen LogP contribution is 2.34. The maximum Gasteiger partial charge on any atom is 0.138 e. The predicted molar refractivity (Wildman–Crippen MR) is 97.4 cm³/mol. The number of furan rings is 1. The summed E-state index contributed by atoms with van der Waals surface area (Å²) in [5.41, 5.74) is 3.31. The first kappa shape index (κ1) is 16.7. The van der Waals surface area contributed by atoms with Crippen LogP contribution in [-0.2, 0) is 17.1 Å². The minimum absolute atomic E-state index is 0.546. The summed E-state index contributed by atoms with van der Waals surface area (Å²) in [4.78, 5) is 1.24. The molecule has 3 nitrogen and oxygen atoms in total. The van der Waals surface area contributed by atoms with Crippen molar-refractivity contribution in [3.8, 4) is 17.1 Å². The van der Waals surface area contributed by atoms with Crippen LogP contribution in [0.25, 0.3) is 11.3 Å². The monoisotopic (exact) mass is 340 g/mol. The number of hydrogen-bond donors (Lipinski definition) is 0. The van der Waals surface area contributed by atoms with Gasteiger partial charge in [-0.2, -0.15) is 0 Å². The standard InChI is InChI=1S/C20H20O3S/c1-21-12-16-13-23-20(15-8-10-17(22-2)11-9-15)19(16)14-24-18-6-4-3-5-7-18/h3-11,13H,12,14H2,1-2H3. The molecule has 0 bridgehead atoms. The molecule has 0 N–H and O–H groups in total. The number of hydrogen-bond acceptors (Lipinski definition) is 4. The molecular weight excluding hydrogens is 320 g/mol. The first-order chi connectivity index (χ1) is 11.8. The van der Waals surface area contributed by atoms with E-state index < -0.39 is 0 Å². The van der Waals surface area contributed by atoms with Crippen LogP contribution in [0.15, 0.2) is 70.2 Å². The van der Waals surface area contributed by atoms with Gasteiger partial charge in [-0.05, 0) is 36.4 Å². The summed E-state index contributed by atoms with van der Waals surface area (Å²) in [6.07, 6.45) is 1.80. The summed E-state index contributed by atoms with van der Waals surface area (Å²) < 4.78 is 16.4. The Morgan fingerprint density at radius 3 is 2.38 bits per heavy atom. The minimum Gasteiger partial charge on any atom is -0.497 e. The highest BCUT2D eigenvalue weighted by Gasteiger charge is 2.16. The summed E-state index contributed by atoms with van der Waals surface area (Å²) in [5, 5.41) is 0. The maximum atomic E-state index is 5.86. The quantitative estimate of drug-likeness (QED) is 0.539. The molecule has 1 heterocycles. The lowest BCUT2D eigenvalue weighted by Crippen LogP contribution is -1.92. The first-order valence-corrected chi connectivity index (χ1v) is 8.71. The van der Waals surface area contributed by atoms with Crippen molar-refractivity contribution in [2.45, 2.75) is 17.3 Å². The Labute approximate surface area is 146 Å². The van der Waals surface area contributed by atoms with Gasteiger partial charge < -0.3 is 13.9 Å². The Kier molecular flexibility index (Phi) is 5.62. The molecule has 0 radical (unpaired) electrons. The average molecular weight is 340 g/mol. The SMILES string of the molecule is COCc1coc(-c2ccc(OC)cc2)c1CSc1ccccc1. The van der Waals surface area contributed by atoms with Crippen molar-refractivity contribution < 1.29 is 13.9 Å². The number of methoxy groups -OCH3 is 2. The second-order valence-corrected chi connectivity index (χ2v) is 6.38. The molecular formula is C20H20O3S. The van der Waals surface area contributed by atoms with E-state index in [0.717, 1.165) is 28.4 Å². The summed E-state index contributed by atoms with van der Waals surface area (Å²) in [5.74, 6) is 2.57. The summed E-state index contributed by atoms with van der Waals surface area (Å²) in [7, 11) is 3.37. The predicted octanol–water partition coefficient (Wildman–Crippen LogP) is 5.39. The number of ether oxygens (including phenoxy) is 2. The lowest BCUT2D eigenvalue weighted by atomic mass is 10.1. The molecule has 0 unspecified atom stereocenters. The molecule has 0 atom stereocenters. The van der Waals surface area contributed by atoms with Crippen molar-refractivity contribution in [2.24, 2.45) is 0 Å². The van der Waals surface area contributed by atoms with Gasteiger partial charge in [0.2, 0.25) is 0 Å². The van der Waals surface area contributed by atoms with Gasteiger partial charge in [0.05, 0.1) is 20.0 Å². The smallest absolute Gasteiger partial charge is 0.138 e. The normalized spacial score (nSPS) is 10.8. The molecule has 4 heteroatoms. The molecule has 0 fully saturated rings. The molecule has 0 saturated carbocycles. The topological polar surface area (TPSA) is 31.6 Å². The van der Waals surface area contributed by atoms with Crippen LogP contribution in [0.4, 0.5) is 0 Å². The second-order valence-electron chi connectivity index (χ2n) is 5.33. The third-order valence-electron chi connectivity index (χ3n) is 3.76. The molecule has 0 spiro atoms. The fourth-order valence-corrected chi connectivity index (χ4v) is 3.49. The van der Waals surface area contributed by atoms with E-state index in [2.05, 4.69) is 24.3 Å². The third-order valence-corrected chi connectivity index (χ3v) is 4.80. The van der Waals surface area contributed by atoms with Crippen molar-refractivity contribution in [2.75, 3.05) is 14.2 Å². The maximum absolute atomic E-state index is 5.86. The van der Waals surface area contributed by atoms with Gasteiger partial charge in [-0.3, -0.25) is 0 Å². The fourth-order valence-electron chi connectivity index (χ4n) is 2.51. The van der Waals surface area contributed by atoms with Crippen LogP contribution in [0.5, 0.6) is 5.75 Å². The van der Waals surface area contributed by atoms with Gasteiger partial charge in [-0.1, -0.05) is 18.2 Å². The zero-order chi connectivity index (χ0) is 16.8. The summed E-state index contributed by atoms with van der Waals surface area (Å²) in [6, 6.07) is 18.3. The molecule has 1 aromatic heterocycles. The van der Waals surface area contributed by atoms with Gasteiger partial charge in [0.25, 0.3) is 0 Å². The summed E-state index contributed by atoms with van der Waals surface area (Å²) >= 11 is 1.79. The molecule has 24 heavy (non-hydrogen) atoms. The Hall–Kier alpha value is -2.17. The molecule has 2 aromatic carbocycles. The van der Waals surface area contributed by atoms with Crippen LogP contribution >= 0.6 is 11.8 Å². The van der Waals surface area contributed by atoms with Gasteiger partial charge >= 0.3 is 0 Å². The molecule has 0 aliphatic rings. The molecule has 0 amide bonds. The van der Waals surface area contributed by atoms with Crippen molar-refractivity contribution in [1.82, 2.24) is 0 Å². The van der Waals surface area contributed by atoms with Gasteiger partial charge in [0.15, 0.2) is 0 Å². The van der Waals surface area contributed by atoms with Crippen LogP contribution in [0.2, 0.25) is 0 Å². The fraction of sp³-hybridized carbons (Fsp3) is 0.200. The van der Waals surface area contributed by atoms with Crippen LogP contribution in [0.3, 0.4) is 0 Å². The Balaban J connectivity index is 1.88. The van der Waals surface area contributed by atoms with Crippen LogP contribution < -0.4 is 4.74 Å². The lowest BCUT2D eigenvalue weighted by Gasteiger charge is -2.07. The van der Waals surface area contributed by atoms with E-state index in [1.807, 2.05) is 30.3 Å². The van der Waals surface area contributed by atoms with Gasteiger partial charge in [0, 0.05) is 34.4 Å².